The van der Waals surface area contributed by atoms with Gasteiger partial charge in [-0.25, -0.2) is 0 Å². The van der Waals surface area contributed by atoms with E-state index in [-0.39, 0.29) is 13.0 Å². The molecule has 84 valence electrons. The second-order valence-electron chi connectivity index (χ2n) is 3.50. The first-order valence-electron chi connectivity index (χ1n) is 5.09. The van der Waals surface area contributed by atoms with Crippen molar-refractivity contribution < 1.29 is 15.0 Å². The van der Waals surface area contributed by atoms with Crippen LogP contribution in [0.2, 0.25) is 0 Å². The molecule has 0 aliphatic rings. The van der Waals surface area contributed by atoms with Crippen molar-refractivity contribution in [1.29, 1.82) is 0 Å². The molecule has 0 aromatic heterocycles. The van der Waals surface area contributed by atoms with Gasteiger partial charge in [0.2, 0.25) is 0 Å². The van der Waals surface area contributed by atoms with E-state index in [4.69, 9.17) is 21.8 Å². The van der Waals surface area contributed by atoms with Crippen LogP contribution in [0.3, 0.4) is 0 Å². The summed E-state index contributed by atoms with van der Waals surface area (Å²) in [5.41, 5.74) is 0. The van der Waals surface area contributed by atoms with Crippen molar-refractivity contribution in [2.45, 2.75) is 38.5 Å². The minimum absolute atomic E-state index is 0.195. The lowest BCUT2D eigenvalue weighted by molar-refractivity contribution is -0.137. The summed E-state index contributed by atoms with van der Waals surface area (Å²) >= 11 is 5.62. The second kappa shape index (κ2) is 9.28. The fourth-order valence-corrected chi connectivity index (χ4v) is 1.79. The van der Waals surface area contributed by atoms with Crippen LogP contribution in [0.1, 0.15) is 38.5 Å². The Balaban J connectivity index is 3.44. The van der Waals surface area contributed by atoms with Crippen molar-refractivity contribution in [2.75, 3.05) is 12.5 Å². The van der Waals surface area contributed by atoms with Gasteiger partial charge in [0, 0.05) is 18.9 Å². The molecule has 2 N–H and O–H groups in total. The lowest BCUT2D eigenvalue weighted by Crippen LogP contribution is -2.04. The van der Waals surface area contributed by atoms with E-state index in [1.54, 1.807) is 0 Å². The molecule has 0 aliphatic carbocycles. The maximum Gasteiger partial charge on any atom is 0.303 e. The summed E-state index contributed by atoms with van der Waals surface area (Å²) in [4.78, 5) is 10.2. The molecule has 0 aromatic rings. The van der Waals surface area contributed by atoms with Crippen LogP contribution in [0.15, 0.2) is 0 Å². The summed E-state index contributed by atoms with van der Waals surface area (Å²) in [6.07, 6.45) is 4.54. The number of unbranched alkanes of at least 4 members (excludes halogenated alkanes) is 1. The fourth-order valence-electron chi connectivity index (χ4n) is 1.48. The van der Waals surface area contributed by atoms with Gasteiger partial charge in [-0.05, 0) is 25.2 Å². The summed E-state index contributed by atoms with van der Waals surface area (Å²) < 4.78 is 0. The predicted molar refractivity (Wildman–Crippen MR) is 56.6 cm³/mol. The third-order valence-corrected chi connectivity index (χ3v) is 2.53. The first-order chi connectivity index (χ1) is 6.70. The highest BCUT2D eigenvalue weighted by molar-refractivity contribution is 6.17. The molecule has 0 fully saturated rings. The number of carboxylic acid groups (broad SMARTS) is 1. The monoisotopic (exact) mass is 222 g/mol. The second-order valence-corrected chi connectivity index (χ2v) is 3.87. The molecule has 0 unspecified atom stereocenters. The zero-order valence-corrected chi connectivity index (χ0v) is 9.17. The fraction of sp³-hybridized carbons (Fsp3) is 0.900. The summed E-state index contributed by atoms with van der Waals surface area (Å²) in [6.45, 7) is 0.195. The summed E-state index contributed by atoms with van der Waals surface area (Å²) in [6, 6.07) is 0. The minimum Gasteiger partial charge on any atom is -0.481 e. The molecule has 3 nitrogen and oxygen atoms in total. The van der Waals surface area contributed by atoms with E-state index in [1.807, 2.05) is 0 Å². The van der Waals surface area contributed by atoms with Gasteiger partial charge in [0.25, 0.3) is 0 Å². The Hall–Kier alpha value is -0.280. The topological polar surface area (TPSA) is 57.5 Å². The van der Waals surface area contributed by atoms with Crippen LogP contribution < -0.4 is 0 Å². The molecule has 0 radical (unpaired) electrons. The molecule has 0 spiro atoms. The highest BCUT2D eigenvalue weighted by Gasteiger charge is 2.07. The van der Waals surface area contributed by atoms with E-state index in [1.165, 1.54) is 0 Å². The maximum atomic E-state index is 10.2. The van der Waals surface area contributed by atoms with Crippen molar-refractivity contribution in [2.24, 2.45) is 5.92 Å². The molecule has 0 aliphatic heterocycles. The third kappa shape index (κ3) is 8.32. The number of hydrogen-bond donors (Lipinski definition) is 2. The molecule has 0 bridgehead atoms. The number of halogens is 1. The molecule has 0 amide bonds. The quantitative estimate of drug-likeness (QED) is 0.465. The number of hydrogen-bond acceptors (Lipinski definition) is 2. The van der Waals surface area contributed by atoms with Crippen molar-refractivity contribution in [3.05, 3.63) is 0 Å². The molecule has 0 saturated heterocycles. The van der Waals surface area contributed by atoms with Gasteiger partial charge in [-0.2, -0.15) is 0 Å². The Bertz CT molecular complexity index is 144. The number of aliphatic hydroxyl groups excluding tert-OH is 1. The molecule has 4 heteroatoms. The van der Waals surface area contributed by atoms with Gasteiger partial charge in [-0.1, -0.05) is 12.8 Å². The van der Waals surface area contributed by atoms with Gasteiger partial charge in [0.1, 0.15) is 0 Å². The molecular formula is C10H19ClO3. The number of aliphatic hydroxyl groups is 1. The van der Waals surface area contributed by atoms with Crippen LogP contribution in [-0.2, 0) is 4.79 Å². The molecule has 0 heterocycles. The highest BCUT2D eigenvalue weighted by Crippen LogP contribution is 2.17. The van der Waals surface area contributed by atoms with E-state index < -0.39 is 5.97 Å². The average Bonchev–Trinajstić information content (AvgIpc) is 2.12. The molecule has 0 rings (SSSR count). The highest BCUT2D eigenvalue weighted by atomic mass is 35.5. The van der Waals surface area contributed by atoms with Gasteiger partial charge < -0.3 is 10.2 Å². The molecular weight excluding hydrogens is 204 g/mol. The lowest BCUT2D eigenvalue weighted by Gasteiger charge is -2.13. The van der Waals surface area contributed by atoms with Crippen molar-refractivity contribution in [1.82, 2.24) is 0 Å². The first-order valence-corrected chi connectivity index (χ1v) is 5.62. The Morgan fingerprint density at radius 1 is 1.21 bits per heavy atom. The normalized spacial score (nSPS) is 12.7. The Kier molecular flexibility index (Phi) is 9.10. The van der Waals surface area contributed by atoms with Crippen molar-refractivity contribution in [3.8, 4) is 0 Å². The summed E-state index contributed by atoms with van der Waals surface area (Å²) in [7, 11) is 0. The van der Waals surface area contributed by atoms with Crippen LogP contribution in [0.25, 0.3) is 0 Å². The number of alkyl halides is 1. The third-order valence-electron chi connectivity index (χ3n) is 2.31. The van der Waals surface area contributed by atoms with Crippen LogP contribution in [0.4, 0.5) is 0 Å². The van der Waals surface area contributed by atoms with Gasteiger partial charge in [-0.3, -0.25) is 4.79 Å². The van der Waals surface area contributed by atoms with Crippen LogP contribution in [0.5, 0.6) is 0 Å². The van der Waals surface area contributed by atoms with E-state index in [0.29, 0.717) is 11.8 Å². The number of carbonyl (C=O) groups is 1. The van der Waals surface area contributed by atoms with Gasteiger partial charge in [-0.15, -0.1) is 11.6 Å². The van der Waals surface area contributed by atoms with Gasteiger partial charge in [0.05, 0.1) is 0 Å². The number of carboxylic acids is 1. The maximum absolute atomic E-state index is 10.2. The Labute approximate surface area is 90.1 Å². The molecule has 1 atom stereocenters. The van der Waals surface area contributed by atoms with E-state index in [9.17, 15) is 4.79 Å². The number of rotatable bonds is 9. The average molecular weight is 223 g/mol. The summed E-state index contributed by atoms with van der Waals surface area (Å²) in [5, 5.41) is 17.2. The zero-order valence-electron chi connectivity index (χ0n) is 8.41. The summed E-state index contributed by atoms with van der Waals surface area (Å²) in [5.74, 6) is 0.330. The van der Waals surface area contributed by atoms with E-state index in [2.05, 4.69) is 0 Å². The SMILES string of the molecule is O=C(O)CCCC[C@H](CCO)CCCl. The standard InChI is InChI=1S/C10H19ClO3/c11-7-5-9(6-8-12)3-1-2-4-10(13)14/h9,12H,1-8H2,(H,13,14)/t9-/m0/s1. The van der Waals surface area contributed by atoms with Gasteiger partial charge >= 0.3 is 5.97 Å². The van der Waals surface area contributed by atoms with Crippen molar-refractivity contribution in [3.63, 3.8) is 0 Å². The van der Waals surface area contributed by atoms with Crippen molar-refractivity contribution >= 4 is 17.6 Å². The largest absolute Gasteiger partial charge is 0.481 e. The van der Waals surface area contributed by atoms with Crippen LogP contribution >= 0.6 is 11.6 Å². The van der Waals surface area contributed by atoms with Crippen LogP contribution in [-0.4, -0.2) is 28.7 Å². The van der Waals surface area contributed by atoms with Gasteiger partial charge in [0.15, 0.2) is 0 Å². The zero-order chi connectivity index (χ0) is 10.8. The number of aliphatic carboxylic acids is 1. The van der Waals surface area contributed by atoms with E-state index >= 15 is 0 Å². The van der Waals surface area contributed by atoms with E-state index in [0.717, 1.165) is 32.1 Å². The Morgan fingerprint density at radius 2 is 1.93 bits per heavy atom. The molecule has 0 aromatic carbocycles. The minimum atomic E-state index is -0.735. The Morgan fingerprint density at radius 3 is 2.43 bits per heavy atom. The predicted octanol–water partition coefficient (Wildman–Crippen LogP) is 2.26. The molecule has 0 saturated carbocycles. The molecule has 14 heavy (non-hydrogen) atoms. The smallest absolute Gasteiger partial charge is 0.303 e. The first kappa shape index (κ1) is 13.7. The van der Waals surface area contributed by atoms with Crippen LogP contribution in [0, 0.1) is 5.92 Å². The lowest BCUT2D eigenvalue weighted by atomic mass is 9.95.